The highest BCUT2D eigenvalue weighted by Crippen LogP contribution is 2.49. The van der Waals surface area contributed by atoms with Gasteiger partial charge in [0, 0.05) is 11.8 Å². The average Bonchev–Trinajstić information content (AvgIpc) is 3.32. The number of hydrogen-bond acceptors (Lipinski definition) is 0. The minimum Gasteiger partial charge on any atom is -0.130 e. The second-order valence-corrected chi connectivity index (χ2v) is 14.6. The third-order valence-electron chi connectivity index (χ3n) is 10.5. The summed E-state index contributed by atoms with van der Waals surface area (Å²) in [7, 11) is 0. The predicted octanol–water partition coefficient (Wildman–Crippen LogP) is 13.5. The van der Waals surface area contributed by atoms with Gasteiger partial charge in [-0.1, -0.05) is 144 Å². The lowest BCUT2D eigenvalue weighted by Gasteiger charge is -2.22. The fourth-order valence-electron chi connectivity index (χ4n) is 7.98. The molecule has 0 aliphatic heterocycles. The number of fused-ring (bicyclic) bond motifs is 4. The summed E-state index contributed by atoms with van der Waals surface area (Å²) in [6.07, 6.45) is 1.47. The van der Waals surface area contributed by atoms with E-state index in [4.69, 9.17) is 0 Å². The van der Waals surface area contributed by atoms with Crippen LogP contribution in [-0.2, 0) is 10.8 Å². The number of alkyl halides is 1. The Morgan fingerprint density at radius 3 is 1.72 bits per heavy atom. The number of halogens is 1. The zero-order valence-electron chi connectivity index (χ0n) is 28.0. The molecular formula is C46H39Cl. The first-order valence-electron chi connectivity index (χ1n) is 16.6. The zero-order chi connectivity index (χ0) is 32.7. The van der Waals surface area contributed by atoms with Crippen molar-refractivity contribution in [1.82, 2.24) is 0 Å². The van der Waals surface area contributed by atoms with Gasteiger partial charge in [-0.25, -0.2) is 0 Å². The highest BCUT2D eigenvalue weighted by atomic mass is 35.5. The molecule has 8 aromatic carbocycles. The minimum atomic E-state index is 0.00322. The predicted molar refractivity (Wildman–Crippen MR) is 207 cm³/mol. The topological polar surface area (TPSA) is 0 Å². The standard InChI is InChI=1S/C45H36.CH3Cl/c1-44(2,3)35-24-33-15-10-27-16-19-36(39-21-18-34(25-35)42(33)43(27)39)32-14-13-28-22-29(11-12-30(28)23-32)31-17-20-38-37-8-6-7-9-40(37)45(4,5)41(38)26-31;1-2/h6-26H,1-5H3;1H3. The highest BCUT2D eigenvalue weighted by Gasteiger charge is 2.35. The molecule has 0 spiro atoms. The van der Waals surface area contributed by atoms with Crippen LogP contribution in [0.5, 0.6) is 0 Å². The maximum absolute atomic E-state index is 4.64. The smallest absolute Gasteiger partial charge is 0.0159 e. The minimum absolute atomic E-state index is 0.00322. The molecular weight excluding hydrogens is 588 g/mol. The summed E-state index contributed by atoms with van der Waals surface area (Å²) in [6, 6.07) is 48.5. The summed E-state index contributed by atoms with van der Waals surface area (Å²) in [5.74, 6) is 0. The van der Waals surface area contributed by atoms with E-state index in [0.717, 1.165) is 0 Å². The van der Waals surface area contributed by atoms with Gasteiger partial charge in [-0.2, -0.15) is 0 Å². The van der Waals surface area contributed by atoms with E-state index >= 15 is 0 Å². The lowest BCUT2D eigenvalue weighted by Crippen LogP contribution is -2.14. The van der Waals surface area contributed by atoms with Crippen LogP contribution in [0.4, 0.5) is 0 Å². The lowest BCUT2D eigenvalue weighted by atomic mass is 9.81. The molecule has 230 valence electrons. The first-order valence-corrected chi connectivity index (χ1v) is 17.3. The monoisotopic (exact) mass is 626 g/mol. The van der Waals surface area contributed by atoms with E-state index in [-0.39, 0.29) is 10.8 Å². The Balaban J connectivity index is 0.00000159. The van der Waals surface area contributed by atoms with Gasteiger partial charge in [0.05, 0.1) is 0 Å². The molecule has 0 fully saturated rings. The quantitative estimate of drug-likeness (QED) is 0.132. The van der Waals surface area contributed by atoms with Crippen molar-refractivity contribution in [3.8, 4) is 33.4 Å². The summed E-state index contributed by atoms with van der Waals surface area (Å²) in [6.45, 7) is 11.6. The first kappa shape index (κ1) is 29.7. The van der Waals surface area contributed by atoms with Gasteiger partial charge in [-0.05, 0) is 117 Å². The van der Waals surface area contributed by atoms with Crippen LogP contribution in [0, 0.1) is 0 Å². The highest BCUT2D eigenvalue weighted by molar-refractivity contribution is 6.25. The van der Waals surface area contributed by atoms with Gasteiger partial charge in [-0.3, -0.25) is 0 Å². The molecule has 0 saturated carbocycles. The van der Waals surface area contributed by atoms with Crippen molar-refractivity contribution >= 4 is 54.7 Å². The number of benzene rings is 8. The van der Waals surface area contributed by atoms with Crippen LogP contribution >= 0.6 is 11.6 Å². The van der Waals surface area contributed by atoms with Crippen molar-refractivity contribution in [1.29, 1.82) is 0 Å². The molecule has 0 N–H and O–H groups in total. The summed E-state index contributed by atoms with van der Waals surface area (Å²) in [5, 5.41) is 10.6. The van der Waals surface area contributed by atoms with Crippen LogP contribution in [0.2, 0.25) is 0 Å². The third-order valence-corrected chi connectivity index (χ3v) is 10.5. The van der Waals surface area contributed by atoms with Gasteiger partial charge < -0.3 is 0 Å². The molecule has 9 rings (SSSR count). The van der Waals surface area contributed by atoms with Crippen molar-refractivity contribution in [2.24, 2.45) is 0 Å². The maximum atomic E-state index is 4.64. The van der Waals surface area contributed by atoms with Gasteiger partial charge in [0.1, 0.15) is 0 Å². The van der Waals surface area contributed by atoms with Crippen molar-refractivity contribution in [2.45, 2.75) is 45.4 Å². The van der Waals surface area contributed by atoms with Crippen LogP contribution in [0.3, 0.4) is 0 Å². The van der Waals surface area contributed by atoms with Gasteiger partial charge in [0.15, 0.2) is 0 Å². The SMILES string of the molecule is CC(C)(C)c1cc2ccc3ccc(-c4ccc5cc(-c6ccc7c(c6)C(C)(C)c6ccccc6-7)ccc5c4)c4ccc(c1)c2c34.CCl. The Hall–Kier alpha value is -4.65. The molecule has 0 radical (unpaired) electrons. The Bertz CT molecular complexity index is 2470. The fraction of sp³-hybridized carbons (Fsp3) is 0.174. The van der Waals surface area contributed by atoms with Crippen molar-refractivity contribution in [2.75, 3.05) is 6.38 Å². The lowest BCUT2D eigenvalue weighted by molar-refractivity contribution is 0.591. The maximum Gasteiger partial charge on any atom is 0.0159 e. The molecule has 0 unspecified atom stereocenters. The van der Waals surface area contributed by atoms with E-state index in [1.807, 2.05) is 0 Å². The van der Waals surface area contributed by atoms with Crippen molar-refractivity contribution in [3.05, 3.63) is 144 Å². The molecule has 0 aromatic heterocycles. The normalized spacial score (nSPS) is 13.6. The average molecular weight is 627 g/mol. The van der Waals surface area contributed by atoms with E-state index in [1.165, 1.54) is 99.5 Å². The molecule has 0 atom stereocenters. The van der Waals surface area contributed by atoms with E-state index in [9.17, 15) is 0 Å². The summed E-state index contributed by atoms with van der Waals surface area (Å²) < 4.78 is 0. The van der Waals surface area contributed by atoms with Crippen molar-refractivity contribution in [3.63, 3.8) is 0 Å². The van der Waals surface area contributed by atoms with Gasteiger partial charge >= 0.3 is 0 Å². The Morgan fingerprint density at radius 1 is 0.447 bits per heavy atom. The van der Waals surface area contributed by atoms with E-state index in [2.05, 4.69) is 174 Å². The second-order valence-electron chi connectivity index (χ2n) is 14.6. The summed E-state index contributed by atoms with van der Waals surface area (Å²) >= 11 is 4.64. The summed E-state index contributed by atoms with van der Waals surface area (Å²) in [5.41, 5.74) is 12.2. The Kier molecular flexibility index (Phi) is 6.76. The molecule has 8 aromatic rings. The van der Waals surface area contributed by atoms with Crippen molar-refractivity contribution < 1.29 is 0 Å². The molecule has 1 aliphatic rings. The Labute approximate surface area is 283 Å². The molecule has 0 bridgehead atoms. The van der Waals surface area contributed by atoms with Gasteiger partial charge in [0.2, 0.25) is 0 Å². The van der Waals surface area contributed by atoms with Crippen LogP contribution in [0.1, 0.15) is 51.3 Å². The third kappa shape index (κ3) is 4.57. The molecule has 1 heteroatoms. The largest absolute Gasteiger partial charge is 0.130 e. The van der Waals surface area contributed by atoms with Gasteiger partial charge in [0.25, 0.3) is 0 Å². The van der Waals surface area contributed by atoms with Crippen LogP contribution in [0.25, 0.3) is 76.5 Å². The first-order chi connectivity index (χ1) is 22.7. The molecule has 0 nitrogen and oxygen atoms in total. The second kappa shape index (κ2) is 10.7. The van der Waals surface area contributed by atoms with E-state index in [1.54, 1.807) is 0 Å². The van der Waals surface area contributed by atoms with E-state index < -0.39 is 0 Å². The van der Waals surface area contributed by atoms with Gasteiger partial charge in [-0.15, -0.1) is 11.6 Å². The molecule has 0 heterocycles. The number of rotatable bonds is 2. The van der Waals surface area contributed by atoms with Crippen LogP contribution in [0.15, 0.2) is 127 Å². The molecule has 1 aliphatic carbocycles. The fourth-order valence-corrected chi connectivity index (χ4v) is 7.98. The molecule has 0 saturated heterocycles. The summed E-state index contributed by atoms with van der Waals surface area (Å²) in [4.78, 5) is 0. The van der Waals surface area contributed by atoms with Crippen LogP contribution < -0.4 is 0 Å². The van der Waals surface area contributed by atoms with E-state index in [0.29, 0.717) is 0 Å². The Morgan fingerprint density at radius 2 is 0.979 bits per heavy atom. The molecule has 47 heavy (non-hydrogen) atoms. The molecule has 0 amide bonds. The number of hydrogen-bond donors (Lipinski definition) is 0. The zero-order valence-corrected chi connectivity index (χ0v) is 28.8. The van der Waals surface area contributed by atoms with Crippen LogP contribution in [-0.4, -0.2) is 6.38 Å².